The lowest BCUT2D eigenvalue weighted by Crippen LogP contribution is -2.14. The van der Waals surface area contributed by atoms with Crippen molar-refractivity contribution in [3.05, 3.63) is 47.8 Å². The van der Waals surface area contributed by atoms with E-state index >= 15 is 0 Å². The molecule has 2 N–H and O–H groups in total. The Kier molecular flexibility index (Phi) is 5.26. The van der Waals surface area contributed by atoms with Gasteiger partial charge in [0, 0.05) is 24.6 Å². The molecule has 5 nitrogen and oxygen atoms in total. The number of carbonyl (C=O) groups is 1. The number of hydrogen-bond donors (Lipinski definition) is 2. The number of anilines is 2. The zero-order chi connectivity index (χ0) is 15.1. The zero-order valence-corrected chi connectivity index (χ0v) is 12.4. The van der Waals surface area contributed by atoms with Crippen LogP contribution in [0.5, 0.6) is 0 Å². The monoisotopic (exact) mass is 284 g/mol. The number of hydrogen-bond acceptors (Lipinski definition) is 4. The standard InChI is InChI=1S/C16H20N4O/c1-3-9-17-16-18-10-13(11-19-16)15(21)20-14-8-6-5-7-12(14)4-2/h5-8,10-11H,3-4,9H2,1-2H3,(H,20,21)(H,17,18,19). The van der Waals surface area contributed by atoms with Crippen molar-refractivity contribution < 1.29 is 4.79 Å². The molecule has 1 amide bonds. The summed E-state index contributed by atoms with van der Waals surface area (Å²) < 4.78 is 0. The molecule has 0 saturated carbocycles. The van der Waals surface area contributed by atoms with Crippen LogP contribution in [0.25, 0.3) is 0 Å². The SMILES string of the molecule is CCCNc1ncc(C(=O)Nc2ccccc2CC)cn1. The lowest BCUT2D eigenvalue weighted by Gasteiger charge is -2.09. The summed E-state index contributed by atoms with van der Waals surface area (Å²) in [5.41, 5.74) is 2.38. The average Bonchev–Trinajstić information content (AvgIpc) is 2.54. The van der Waals surface area contributed by atoms with Crippen LogP contribution in [0.2, 0.25) is 0 Å². The molecule has 1 heterocycles. The van der Waals surface area contributed by atoms with Crippen LogP contribution in [0.1, 0.15) is 36.2 Å². The second-order valence-electron chi connectivity index (χ2n) is 4.69. The van der Waals surface area contributed by atoms with Gasteiger partial charge in [0.2, 0.25) is 5.95 Å². The summed E-state index contributed by atoms with van der Waals surface area (Å²) in [7, 11) is 0. The summed E-state index contributed by atoms with van der Waals surface area (Å²) in [6, 6.07) is 7.77. The van der Waals surface area contributed by atoms with E-state index in [9.17, 15) is 4.79 Å². The lowest BCUT2D eigenvalue weighted by molar-refractivity contribution is 0.102. The van der Waals surface area contributed by atoms with Crippen LogP contribution in [-0.2, 0) is 6.42 Å². The lowest BCUT2D eigenvalue weighted by atomic mass is 10.1. The molecular weight excluding hydrogens is 264 g/mol. The second kappa shape index (κ2) is 7.38. The fourth-order valence-electron chi connectivity index (χ4n) is 1.92. The van der Waals surface area contributed by atoms with Gasteiger partial charge in [0.1, 0.15) is 0 Å². The highest BCUT2D eigenvalue weighted by molar-refractivity contribution is 6.04. The van der Waals surface area contributed by atoms with Gasteiger partial charge in [-0.25, -0.2) is 9.97 Å². The first-order chi connectivity index (χ1) is 10.2. The number of nitrogens with zero attached hydrogens (tertiary/aromatic N) is 2. The quantitative estimate of drug-likeness (QED) is 0.855. The molecule has 1 aromatic carbocycles. The third kappa shape index (κ3) is 4.02. The van der Waals surface area contributed by atoms with Crippen LogP contribution >= 0.6 is 0 Å². The van der Waals surface area contributed by atoms with Crippen molar-refractivity contribution in [1.82, 2.24) is 9.97 Å². The van der Waals surface area contributed by atoms with E-state index in [-0.39, 0.29) is 5.91 Å². The minimum atomic E-state index is -0.196. The molecule has 5 heteroatoms. The molecule has 21 heavy (non-hydrogen) atoms. The van der Waals surface area contributed by atoms with E-state index in [2.05, 4.69) is 34.4 Å². The Labute approximate surface area is 124 Å². The van der Waals surface area contributed by atoms with E-state index in [0.29, 0.717) is 11.5 Å². The first kappa shape index (κ1) is 15.0. The van der Waals surface area contributed by atoms with Crippen LogP contribution in [0, 0.1) is 0 Å². The van der Waals surface area contributed by atoms with Gasteiger partial charge in [0.15, 0.2) is 0 Å². The van der Waals surface area contributed by atoms with Crippen molar-refractivity contribution in [1.29, 1.82) is 0 Å². The van der Waals surface area contributed by atoms with E-state index in [1.807, 2.05) is 24.3 Å². The number of rotatable bonds is 6. The molecule has 0 aliphatic carbocycles. The summed E-state index contributed by atoms with van der Waals surface area (Å²) in [5, 5.41) is 5.98. The number of aromatic nitrogens is 2. The molecule has 0 aliphatic heterocycles. The summed E-state index contributed by atoms with van der Waals surface area (Å²) in [6.07, 6.45) is 4.94. The Balaban J connectivity index is 2.06. The maximum absolute atomic E-state index is 12.2. The Morgan fingerprint density at radius 1 is 1.14 bits per heavy atom. The van der Waals surface area contributed by atoms with Crippen LogP contribution in [0.3, 0.4) is 0 Å². The molecular formula is C16H20N4O. The topological polar surface area (TPSA) is 66.9 Å². The van der Waals surface area contributed by atoms with E-state index in [1.54, 1.807) is 0 Å². The molecule has 2 rings (SSSR count). The van der Waals surface area contributed by atoms with Gasteiger partial charge in [0.25, 0.3) is 5.91 Å². The van der Waals surface area contributed by atoms with Crippen molar-refractivity contribution in [3.63, 3.8) is 0 Å². The van der Waals surface area contributed by atoms with Gasteiger partial charge in [0.05, 0.1) is 5.56 Å². The fourth-order valence-corrected chi connectivity index (χ4v) is 1.92. The predicted molar refractivity (Wildman–Crippen MR) is 84.6 cm³/mol. The highest BCUT2D eigenvalue weighted by atomic mass is 16.1. The maximum atomic E-state index is 12.2. The number of nitrogens with one attached hydrogen (secondary N) is 2. The molecule has 0 bridgehead atoms. The van der Waals surface area contributed by atoms with Gasteiger partial charge >= 0.3 is 0 Å². The largest absolute Gasteiger partial charge is 0.354 e. The minimum Gasteiger partial charge on any atom is -0.354 e. The molecule has 1 aromatic heterocycles. The van der Waals surface area contributed by atoms with Gasteiger partial charge in [-0.05, 0) is 24.5 Å². The van der Waals surface area contributed by atoms with Crippen LogP contribution < -0.4 is 10.6 Å². The molecule has 0 fully saturated rings. The fraction of sp³-hybridized carbons (Fsp3) is 0.312. The molecule has 0 unspecified atom stereocenters. The first-order valence-corrected chi connectivity index (χ1v) is 7.19. The van der Waals surface area contributed by atoms with E-state index in [0.717, 1.165) is 30.6 Å². The van der Waals surface area contributed by atoms with Gasteiger partial charge in [-0.15, -0.1) is 0 Å². The highest BCUT2D eigenvalue weighted by Crippen LogP contribution is 2.16. The van der Waals surface area contributed by atoms with Crippen molar-refractivity contribution in [2.24, 2.45) is 0 Å². The number of aryl methyl sites for hydroxylation is 1. The highest BCUT2D eigenvalue weighted by Gasteiger charge is 2.09. The predicted octanol–water partition coefficient (Wildman–Crippen LogP) is 3.11. The molecule has 0 radical (unpaired) electrons. The molecule has 0 aliphatic rings. The third-order valence-electron chi connectivity index (χ3n) is 3.09. The van der Waals surface area contributed by atoms with Crippen molar-refractivity contribution >= 4 is 17.5 Å². The van der Waals surface area contributed by atoms with Crippen molar-refractivity contribution in [2.75, 3.05) is 17.2 Å². The summed E-state index contributed by atoms with van der Waals surface area (Å²) in [6.45, 7) is 4.94. The van der Waals surface area contributed by atoms with Crippen molar-refractivity contribution in [3.8, 4) is 0 Å². The smallest absolute Gasteiger partial charge is 0.258 e. The Morgan fingerprint density at radius 2 is 1.86 bits per heavy atom. The first-order valence-electron chi connectivity index (χ1n) is 7.19. The van der Waals surface area contributed by atoms with Gasteiger partial charge in [-0.1, -0.05) is 32.0 Å². The Morgan fingerprint density at radius 3 is 2.52 bits per heavy atom. The molecule has 0 atom stereocenters. The Hall–Kier alpha value is -2.43. The van der Waals surface area contributed by atoms with Gasteiger partial charge in [-0.3, -0.25) is 4.79 Å². The number of amides is 1. The summed E-state index contributed by atoms with van der Waals surface area (Å²) in [4.78, 5) is 20.5. The summed E-state index contributed by atoms with van der Waals surface area (Å²) in [5.74, 6) is 0.347. The second-order valence-corrected chi connectivity index (χ2v) is 4.69. The Bertz CT molecular complexity index is 595. The van der Waals surface area contributed by atoms with E-state index in [4.69, 9.17) is 0 Å². The van der Waals surface area contributed by atoms with Crippen LogP contribution in [0.15, 0.2) is 36.7 Å². The maximum Gasteiger partial charge on any atom is 0.258 e. The van der Waals surface area contributed by atoms with Gasteiger partial charge < -0.3 is 10.6 Å². The number of carbonyl (C=O) groups excluding carboxylic acids is 1. The average molecular weight is 284 g/mol. The van der Waals surface area contributed by atoms with Crippen LogP contribution in [-0.4, -0.2) is 22.4 Å². The van der Waals surface area contributed by atoms with Crippen molar-refractivity contribution in [2.45, 2.75) is 26.7 Å². The van der Waals surface area contributed by atoms with Gasteiger partial charge in [-0.2, -0.15) is 0 Å². The third-order valence-corrected chi connectivity index (χ3v) is 3.09. The molecule has 0 saturated heterocycles. The molecule has 2 aromatic rings. The zero-order valence-electron chi connectivity index (χ0n) is 12.4. The van der Waals surface area contributed by atoms with Crippen LogP contribution in [0.4, 0.5) is 11.6 Å². The number of benzene rings is 1. The van der Waals surface area contributed by atoms with E-state index < -0.39 is 0 Å². The van der Waals surface area contributed by atoms with E-state index in [1.165, 1.54) is 12.4 Å². The summed E-state index contributed by atoms with van der Waals surface area (Å²) >= 11 is 0. The minimum absolute atomic E-state index is 0.196. The molecule has 0 spiro atoms. The number of para-hydroxylation sites is 1. The normalized spacial score (nSPS) is 10.2. The molecule has 110 valence electrons.